The Balaban J connectivity index is 1.75. The van der Waals surface area contributed by atoms with Gasteiger partial charge >= 0.3 is 0 Å². The van der Waals surface area contributed by atoms with Crippen LogP contribution in [0.1, 0.15) is 33.9 Å². The van der Waals surface area contributed by atoms with E-state index in [0.29, 0.717) is 17.0 Å². The number of halogens is 2. The normalized spacial score (nSPS) is 15.9. The first kappa shape index (κ1) is 19.7. The number of hydrogen-bond donors (Lipinski definition) is 0. The number of carbonyl (C=O) groups is 1. The topological polar surface area (TPSA) is 41.9 Å². The SMILES string of the molecule is COc1ccccc1C1=NN(C(=O)c2ccc(Cl)cc2)C(c2ccc(Br)cc2)C1. The van der Waals surface area contributed by atoms with Crippen LogP contribution in [-0.4, -0.2) is 23.7 Å². The van der Waals surface area contributed by atoms with Crippen molar-refractivity contribution in [2.24, 2.45) is 5.10 Å². The van der Waals surface area contributed by atoms with Crippen LogP contribution in [0.4, 0.5) is 0 Å². The molecule has 6 heteroatoms. The quantitative estimate of drug-likeness (QED) is 0.463. The van der Waals surface area contributed by atoms with Gasteiger partial charge in [-0.05, 0) is 54.1 Å². The average molecular weight is 470 g/mol. The molecule has 0 saturated heterocycles. The maximum atomic E-state index is 13.3. The fraction of sp³-hybridized carbons (Fsp3) is 0.130. The molecule has 0 aliphatic carbocycles. The minimum atomic E-state index is -0.203. The molecule has 0 saturated carbocycles. The summed E-state index contributed by atoms with van der Waals surface area (Å²) in [6, 6.07) is 22.4. The Bertz CT molecular complexity index is 1060. The number of hydrazone groups is 1. The van der Waals surface area contributed by atoms with Crippen LogP contribution < -0.4 is 4.74 Å². The molecule has 0 spiro atoms. The Kier molecular flexibility index (Phi) is 5.69. The fourth-order valence-corrected chi connectivity index (χ4v) is 3.80. The monoisotopic (exact) mass is 468 g/mol. The zero-order valence-electron chi connectivity index (χ0n) is 15.7. The van der Waals surface area contributed by atoms with E-state index < -0.39 is 0 Å². The molecule has 0 aromatic heterocycles. The first-order chi connectivity index (χ1) is 14.1. The van der Waals surface area contributed by atoms with E-state index in [1.807, 2.05) is 48.5 Å². The number of ether oxygens (including phenoxy) is 1. The van der Waals surface area contributed by atoms with E-state index in [0.717, 1.165) is 27.1 Å². The van der Waals surface area contributed by atoms with Crippen molar-refractivity contribution in [2.75, 3.05) is 7.11 Å². The van der Waals surface area contributed by atoms with Crippen LogP contribution in [0.3, 0.4) is 0 Å². The van der Waals surface area contributed by atoms with Gasteiger partial charge < -0.3 is 4.74 Å². The minimum absolute atomic E-state index is 0.167. The van der Waals surface area contributed by atoms with E-state index in [4.69, 9.17) is 21.4 Å². The van der Waals surface area contributed by atoms with Crippen molar-refractivity contribution in [1.29, 1.82) is 0 Å². The number of benzene rings is 3. The lowest BCUT2D eigenvalue weighted by atomic mass is 9.97. The molecule has 3 aromatic rings. The Morgan fingerprint density at radius 1 is 1.07 bits per heavy atom. The summed E-state index contributed by atoms with van der Waals surface area (Å²) < 4.78 is 6.49. The largest absolute Gasteiger partial charge is 0.496 e. The van der Waals surface area contributed by atoms with Gasteiger partial charge in [0.2, 0.25) is 0 Å². The molecule has 1 unspecified atom stereocenters. The summed E-state index contributed by atoms with van der Waals surface area (Å²) in [6.07, 6.45) is 0.599. The van der Waals surface area contributed by atoms with Crippen molar-refractivity contribution < 1.29 is 9.53 Å². The van der Waals surface area contributed by atoms with Gasteiger partial charge in [0, 0.05) is 27.0 Å². The lowest BCUT2D eigenvalue weighted by Crippen LogP contribution is -2.27. The second-order valence-corrected chi connectivity index (χ2v) is 8.03. The molecule has 1 aliphatic heterocycles. The fourth-order valence-electron chi connectivity index (χ4n) is 3.41. The van der Waals surface area contributed by atoms with E-state index in [9.17, 15) is 4.79 Å². The lowest BCUT2D eigenvalue weighted by Gasteiger charge is -2.22. The highest BCUT2D eigenvalue weighted by molar-refractivity contribution is 9.10. The molecule has 0 radical (unpaired) electrons. The van der Waals surface area contributed by atoms with Crippen LogP contribution in [0, 0.1) is 0 Å². The van der Waals surface area contributed by atoms with Gasteiger partial charge in [-0.2, -0.15) is 5.10 Å². The van der Waals surface area contributed by atoms with E-state index in [1.54, 1.807) is 36.4 Å². The summed E-state index contributed by atoms with van der Waals surface area (Å²) in [5.74, 6) is 0.570. The molecule has 29 heavy (non-hydrogen) atoms. The van der Waals surface area contributed by atoms with Crippen LogP contribution in [0.5, 0.6) is 5.75 Å². The number of para-hydroxylation sites is 1. The van der Waals surface area contributed by atoms with Crippen LogP contribution >= 0.6 is 27.5 Å². The first-order valence-electron chi connectivity index (χ1n) is 9.12. The van der Waals surface area contributed by atoms with Crippen molar-refractivity contribution >= 4 is 39.1 Å². The van der Waals surface area contributed by atoms with Gasteiger partial charge in [0.1, 0.15) is 5.75 Å². The van der Waals surface area contributed by atoms with Gasteiger partial charge in [-0.15, -0.1) is 0 Å². The van der Waals surface area contributed by atoms with E-state index in [-0.39, 0.29) is 11.9 Å². The second kappa shape index (κ2) is 8.39. The third-order valence-corrected chi connectivity index (χ3v) is 5.66. The van der Waals surface area contributed by atoms with Gasteiger partial charge in [0.25, 0.3) is 5.91 Å². The van der Waals surface area contributed by atoms with Gasteiger partial charge in [0.15, 0.2) is 0 Å². The summed E-state index contributed by atoms with van der Waals surface area (Å²) in [5.41, 5.74) is 3.27. The average Bonchev–Trinajstić information content (AvgIpc) is 3.19. The highest BCUT2D eigenvalue weighted by Gasteiger charge is 2.34. The molecule has 1 amide bonds. The smallest absolute Gasteiger partial charge is 0.274 e. The second-order valence-electron chi connectivity index (χ2n) is 6.68. The van der Waals surface area contributed by atoms with Gasteiger partial charge in [0.05, 0.1) is 18.9 Å². The van der Waals surface area contributed by atoms with Crippen molar-refractivity contribution in [3.8, 4) is 5.75 Å². The molecule has 3 aromatic carbocycles. The zero-order chi connectivity index (χ0) is 20.4. The molecule has 1 atom stereocenters. The predicted octanol–water partition coefficient (Wildman–Crippen LogP) is 6.10. The number of rotatable bonds is 4. The predicted molar refractivity (Wildman–Crippen MR) is 119 cm³/mol. The van der Waals surface area contributed by atoms with E-state index in [2.05, 4.69) is 15.9 Å². The van der Waals surface area contributed by atoms with E-state index >= 15 is 0 Å². The zero-order valence-corrected chi connectivity index (χ0v) is 18.0. The van der Waals surface area contributed by atoms with Crippen LogP contribution in [-0.2, 0) is 0 Å². The highest BCUT2D eigenvalue weighted by Crippen LogP contribution is 2.36. The number of methoxy groups -OCH3 is 1. The van der Waals surface area contributed by atoms with Gasteiger partial charge in [-0.1, -0.05) is 51.8 Å². The van der Waals surface area contributed by atoms with E-state index in [1.165, 1.54) is 0 Å². The van der Waals surface area contributed by atoms with Crippen LogP contribution in [0.25, 0.3) is 0 Å². The highest BCUT2D eigenvalue weighted by atomic mass is 79.9. The maximum Gasteiger partial charge on any atom is 0.274 e. The Morgan fingerprint density at radius 2 is 1.76 bits per heavy atom. The Hall–Kier alpha value is -2.63. The Labute approximate surface area is 182 Å². The molecule has 146 valence electrons. The number of amides is 1. The maximum absolute atomic E-state index is 13.3. The molecule has 4 nitrogen and oxygen atoms in total. The number of nitrogens with zero attached hydrogens (tertiary/aromatic N) is 2. The van der Waals surface area contributed by atoms with Gasteiger partial charge in [-0.25, -0.2) is 5.01 Å². The summed E-state index contributed by atoms with van der Waals surface area (Å²) in [5, 5.41) is 6.87. The standard InChI is InChI=1S/C23H18BrClN2O2/c1-29-22-5-3-2-4-19(22)20-14-21(15-6-10-17(24)11-7-15)27(26-20)23(28)16-8-12-18(25)13-9-16/h2-13,21H,14H2,1H3. The molecule has 0 N–H and O–H groups in total. The molecule has 1 heterocycles. The molecule has 1 aliphatic rings. The van der Waals surface area contributed by atoms with Gasteiger partial charge in [-0.3, -0.25) is 4.79 Å². The van der Waals surface area contributed by atoms with Crippen LogP contribution in [0.15, 0.2) is 82.4 Å². The summed E-state index contributed by atoms with van der Waals surface area (Å²) in [7, 11) is 1.64. The summed E-state index contributed by atoms with van der Waals surface area (Å²) in [6.45, 7) is 0. The summed E-state index contributed by atoms with van der Waals surface area (Å²) >= 11 is 9.45. The first-order valence-corrected chi connectivity index (χ1v) is 10.3. The summed E-state index contributed by atoms with van der Waals surface area (Å²) in [4.78, 5) is 13.3. The molecule has 0 fully saturated rings. The van der Waals surface area contributed by atoms with Crippen LogP contribution in [0.2, 0.25) is 5.02 Å². The van der Waals surface area contributed by atoms with Crippen molar-refractivity contribution in [2.45, 2.75) is 12.5 Å². The third kappa shape index (κ3) is 4.07. The van der Waals surface area contributed by atoms with Crippen molar-refractivity contribution in [3.05, 3.63) is 99.0 Å². The minimum Gasteiger partial charge on any atom is -0.496 e. The number of carbonyl (C=O) groups excluding carboxylic acids is 1. The molecular weight excluding hydrogens is 452 g/mol. The van der Waals surface area contributed by atoms with Crippen molar-refractivity contribution in [3.63, 3.8) is 0 Å². The Morgan fingerprint density at radius 3 is 2.45 bits per heavy atom. The molecule has 0 bridgehead atoms. The third-order valence-electron chi connectivity index (χ3n) is 4.88. The number of hydrogen-bond acceptors (Lipinski definition) is 3. The lowest BCUT2D eigenvalue weighted by molar-refractivity contribution is 0.0711. The van der Waals surface area contributed by atoms with Crippen molar-refractivity contribution in [1.82, 2.24) is 5.01 Å². The molecular formula is C23H18BrClN2O2. The molecule has 4 rings (SSSR count).